The second-order valence-corrected chi connectivity index (χ2v) is 5.81. The molecule has 1 unspecified atom stereocenters. The van der Waals surface area contributed by atoms with Crippen LogP contribution in [0.2, 0.25) is 0 Å². The summed E-state index contributed by atoms with van der Waals surface area (Å²) in [5.41, 5.74) is 0.955. The Morgan fingerprint density at radius 3 is 2.75 bits per heavy atom. The minimum absolute atomic E-state index is 0.0416. The van der Waals surface area contributed by atoms with E-state index >= 15 is 0 Å². The highest BCUT2D eigenvalue weighted by molar-refractivity contribution is 5.96. The molecule has 6 nitrogen and oxygen atoms in total. The molecule has 1 atom stereocenters. The van der Waals surface area contributed by atoms with E-state index in [0.29, 0.717) is 25.3 Å². The predicted molar refractivity (Wildman–Crippen MR) is 86.3 cm³/mol. The lowest BCUT2D eigenvalue weighted by Crippen LogP contribution is -2.39. The Morgan fingerprint density at radius 1 is 1.33 bits per heavy atom. The highest BCUT2D eigenvalue weighted by Gasteiger charge is 2.30. The lowest BCUT2D eigenvalue weighted by molar-refractivity contribution is 0.0610. The fraction of sp³-hybridized carbons (Fsp3) is 0.333. The molecule has 6 heteroatoms. The van der Waals surface area contributed by atoms with Crippen LogP contribution in [0.4, 0.5) is 0 Å². The summed E-state index contributed by atoms with van der Waals surface area (Å²) in [5.74, 6) is -0.294. The number of carbonyl (C=O) groups is 2. The maximum atomic E-state index is 12.9. The van der Waals surface area contributed by atoms with E-state index in [1.165, 1.54) is 6.07 Å². The lowest BCUT2D eigenvalue weighted by atomic mass is 10.1. The van der Waals surface area contributed by atoms with Gasteiger partial charge in [-0.1, -0.05) is 25.1 Å². The summed E-state index contributed by atoms with van der Waals surface area (Å²) in [5, 5.41) is 9.22. The zero-order chi connectivity index (χ0) is 17.3. The topological polar surface area (TPSA) is 80.0 Å². The number of rotatable bonds is 3. The molecule has 0 aliphatic carbocycles. The Balaban J connectivity index is 1.93. The molecule has 24 heavy (non-hydrogen) atoms. The number of carboxylic acids is 1. The fourth-order valence-electron chi connectivity index (χ4n) is 2.81. The number of amides is 1. The first-order valence-electron chi connectivity index (χ1n) is 7.89. The third kappa shape index (κ3) is 2.87. The zero-order valence-corrected chi connectivity index (χ0v) is 13.6. The van der Waals surface area contributed by atoms with Gasteiger partial charge in [0.05, 0.1) is 12.6 Å². The molecule has 0 saturated heterocycles. The molecule has 0 spiro atoms. The first kappa shape index (κ1) is 16.1. The number of benzene rings is 1. The van der Waals surface area contributed by atoms with Crippen LogP contribution in [0.15, 0.2) is 34.7 Å². The fourth-order valence-corrected chi connectivity index (χ4v) is 2.81. The largest absolute Gasteiger partial charge is 0.491 e. The SMILES string of the molecule is CCc1oc(C(=O)N2Cc3ccccc3OCC2C)cc1C(=O)O. The number of carboxylic acid groups (broad SMARTS) is 1. The smallest absolute Gasteiger partial charge is 0.339 e. The van der Waals surface area contributed by atoms with Gasteiger partial charge in [0.15, 0.2) is 5.76 Å². The second kappa shape index (κ2) is 6.39. The summed E-state index contributed by atoms with van der Waals surface area (Å²) in [6.07, 6.45) is 0.413. The van der Waals surface area contributed by atoms with E-state index in [4.69, 9.17) is 9.15 Å². The first-order valence-corrected chi connectivity index (χ1v) is 7.89. The van der Waals surface area contributed by atoms with Crippen molar-refractivity contribution in [3.8, 4) is 5.75 Å². The van der Waals surface area contributed by atoms with Gasteiger partial charge < -0.3 is 19.2 Å². The van der Waals surface area contributed by atoms with Gasteiger partial charge >= 0.3 is 5.97 Å². The van der Waals surface area contributed by atoms with Crippen LogP contribution in [-0.2, 0) is 13.0 Å². The minimum atomic E-state index is -1.09. The normalized spacial score (nSPS) is 16.9. The van der Waals surface area contributed by atoms with Crippen molar-refractivity contribution in [2.24, 2.45) is 0 Å². The number of furan rings is 1. The third-order valence-corrected chi connectivity index (χ3v) is 4.16. The maximum Gasteiger partial charge on any atom is 0.339 e. The van der Waals surface area contributed by atoms with Crippen LogP contribution in [0.25, 0.3) is 0 Å². The maximum absolute atomic E-state index is 12.9. The molecule has 126 valence electrons. The highest BCUT2D eigenvalue weighted by Crippen LogP contribution is 2.27. The van der Waals surface area contributed by atoms with Crippen LogP contribution >= 0.6 is 0 Å². The number of fused-ring (bicyclic) bond motifs is 1. The van der Waals surface area contributed by atoms with Gasteiger partial charge in [0.25, 0.3) is 5.91 Å². The van der Waals surface area contributed by atoms with Gasteiger partial charge in [0.1, 0.15) is 23.7 Å². The van der Waals surface area contributed by atoms with Gasteiger partial charge in [-0.3, -0.25) is 4.79 Å². The van der Waals surface area contributed by atoms with Crippen LogP contribution in [0.5, 0.6) is 5.75 Å². The van der Waals surface area contributed by atoms with Gasteiger partial charge in [-0.05, 0) is 13.0 Å². The van der Waals surface area contributed by atoms with E-state index in [-0.39, 0.29) is 23.3 Å². The van der Waals surface area contributed by atoms with Crippen LogP contribution in [0, 0.1) is 0 Å². The Kier molecular flexibility index (Phi) is 4.29. The van der Waals surface area contributed by atoms with Crippen molar-refractivity contribution >= 4 is 11.9 Å². The monoisotopic (exact) mass is 329 g/mol. The molecule has 3 rings (SSSR count). The summed E-state index contributed by atoms with van der Waals surface area (Å²) in [7, 11) is 0. The van der Waals surface area contributed by atoms with E-state index in [2.05, 4.69) is 0 Å². The quantitative estimate of drug-likeness (QED) is 0.936. The Morgan fingerprint density at radius 2 is 2.08 bits per heavy atom. The molecule has 1 amide bonds. The van der Waals surface area contributed by atoms with Crippen molar-refractivity contribution in [3.05, 3.63) is 53.0 Å². The number of aryl methyl sites for hydroxylation is 1. The molecule has 1 N–H and O–H groups in total. The van der Waals surface area contributed by atoms with Crippen LogP contribution < -0.4 is 4.74 Å². The molecule has 0 bridgehead atoms. The van der Waals surface area contributed by atoms with Crippen molar-refractivity contribution in [2.75, 3.05) is 6.61 Å². The van der Waals surface area contributed by atoms with Crippen molar-refractivity contribution < 1.29 is 23.8 Å². The summed E-state index contributed by atoms with van der Waals surface area (Å²) >= 11 is 0. The standard InChI is InChI=1S/C18H19NO5/c1-3-14-13(18(21)22)8-16(24-14)17(20)19-9-12-6-4-5-7-15(12)23-10-11(19)2/h4-8,11H,3,9-10H2,1-2H3,(H,21,22). The van der Waals surface area contributed by atoms with Gasteiger partial charge in [-0.25, -0.2) is 4.79 Å². The number of para-hydroxylation sites is 1. The van der Waals surface area contributed by atoms with E-state index in [0.717, 1.165) is 11.3 Å². The van der Waals surface area contributed by atoms with Crippen LogP contribution in [0.3, 0.4) is 0 Å². The van der Waals surface area contributed by atoms with Crippen LogP contribution in [-0.4, -0.2) is 34.5 Å². The van der Waals surface area contributed by atoms with Crippen molar-refractivity contribution in [1.29, 1.82) is 0 Å². The molecule has 2 aromatic rings. The summed E-state index contributed by atoms with van der Waals surface area (Å²) in [6, 6.07) is 8.73. The van der Waals surface area contributed by atoms with Crippen LogP contribution in [0.1, 0.15) is 46.1 Å². The molecular weight excluding hydrogens is 310 g/mol. The van der Waals surface area contributed by atoms with Gasteiger partial charge in [-0.2, -0.15) is 0 Å². The molecule has 2 heterocycles. The predicted octanol–water partition coefficient (Wildman–Crippen LogP) is 2.96. The van der Waals surface area contributed by atoms with Gasteiger partial charge in [0.2, 0.25) is 0 Å². The molecule has 0 saturated carbocycles. The summed E-state index contributed by atoms with van der Waals surface area (Å²) in [4.78, 5) is 25.8. The first-order chi connectivity index (χ1) is 11.5. The Hall–Kier alpha value is -2.76. The second-order valence-electron chi connectivity index (χ2n) is 5.81. The zero-order valence-electron chi connectivity index (χ0n) is 13.6. The molecule has 1 aliphatic rings. The average molecular weight is 329 g/mol. The van der Waals surface area contributed by atoms with E-state index < -0.39 is 5.97 Å². The summed E-state index contributed by atoms with van der Waals surface area (Å²) < 4.78 is 11.3. The van der Waals surface area contributed by atoms with E-state index in [1.807, 2.05) is 31.2 Å². The average Bonchev–Trinajstić information content (AvgIpc) is 2.95. The van der Waals surface area contributed by atoms with Crippen molar-refractivity contribution in [2.45, 2.75) is 32.9 Å². The Labute approximate surface area is 139 Å². The molecule has 1 aliphatic heterocycles. The summed E-state index contributed by atoms with van der Waals surface area (Å²) in [6.45, 7) is 4.44. The van der Waals surface area contributed by atoms with Gasteiger partial charge in [0, 0.05) is 18.1 Å². The molecule has 1 aromatic carbocycles. The minimum Gasteiger partial charge on any atom is -0.491 e. The molecular formula is C18H19NO5. The highest BCUT2D eigenvalue weighted by atomic mass is 16.5. The number of hydrogen-bond acceptors (Lipinski definition) is 4. The van der Waals surface area contributed by atoms with E-state index in [1.54, 1.807) is 11.8 Å². The van der Waals surface area contributed by atoms with E-state index in [9.17, 15) is 14.7 Å². The van der Waals surface area contributed by atoms with Crippen molar-refractivity contribution in [3.63, 3.8) is 0 Å². The third-order valence-electron chi connectivity index (χ3n) is 4.16. The molecule has 0 fully saturated rings. The number of hydrogen-bond donors (Lipinski definition) is 1. The number of aromatic carboxylic acids is 1. The Bertz CT molecular complexity index is 779. The number of nitrogens with zero attached hydrogens (tertiary/aromatic N) is 1. The lowest BCUT2D eigenvalue weighted by Gasteiger charge is -2.25. The van der Waals surface area contributed by atoms with Crippen molar-refractivity contribution in [1.82, 2.24) is 4.90 Å². The molecule has 1 aromatic heterocycles. The number of ether oxygens (including phenoxy) is 1. The van der Waals surface area contributed by atoms with Gasteiger partial charge in [-0.15, -0.1) is 0 Å². The molecule has 0 radical (unpaired) electrons. The number of carbonyl (C=O) groups excluding carboxylic acids is 1.